The highest BCUT2D eigenvalue weighted by molar-refractivity contribution is 5.93. The number of aromatic nitrogens is 2. The summed E-state index contributed by atoms with van der Waals surface area (Å²) < 4.78 is 5.61. The molecule has 1 aliphatic rings. The molecule has 1 aromatic carbocycles. The average Bonchev–Trinajstić information content (AvgIpc) is 2.70. The number of benzene rings is 1. The van der Waals surface area contributed by atoms with Crippen molar-refractivity contribution in [3.63, 3.8) is 0 Å². The molecule has 1 saturated heterocycles. The number of β-amino-alcohol motifs (C(OH)–C–C–N with tert-alkyl or cyclic N) is 1. The van der Waals surface area contributed by atoms with E-state index in [0.717, 1.165) is 0 Å². The molecule has 0 bridgehead atoms. The highest BCUT2D eigenvalue weighted by Crippen LogP contribution is 2.18. The molecule has 0 unspecified atom stereocenters. The number of carbonyl (C=O) groups is 1. The first-order valence-corrected chi connectivity index (χ1v) is 8.65. The Kier molecular flexibility index (Phi) is 4.55. The fourth-order valence-electron chi connectivity index (χ4n) is 3.19. The Morgan fingerprint density at radius 2 is 2.00 bits per heavy atom. The van der Waals surface area contributed by atoms with Crippen molar-refractivity contribution in [3.05, 3.63) is 64.8 Å². The number of aliphatic hydroxyl groups is 1. The summed E-state index contributed by atoms with van der Waals surface area (Å²) in [5.41, 5.74) is 0.102. The van der Waals surface area contributed by atoms with Gasteiger partial charge in [0.2, 0.25) is 5.95 Å². The van der Waals surface area contributed by atoms with Gasteiger partial charge < -0.3 is 19.7 Å². The van der Waals surface area contributed by atoms with Crippen molar-refractivity contribution in [1.29, 1.82) is 0 Å². The van der Waals surface area contributed by atoms with Gasteiger partial charge in [-0.3, -0.25) is 9.59 Å². The summed E-state index contributed by atoms with van der Waals surface area (Å²) in [4.78, 5) is 34.6. The zero-order chi connectivity index (χ0) is 18.8. The van der Waals surface area contributed by atoms with Crippen LogP contribution in [0.3, 0.4) is 0 Å². The summed E-state index contributed by atoms with van der Waals surface area (Å²) in [6.45, 7) is 0.538. The van der Waals surface area contributed by atoms with Gasteiger partial charge in [0.1, 0.15) is 5.58 Å². The lowest BCUT2D eigenvalue weighted by Crippen LogP contribution is -2.51. The smallest absolute Gasteiger partial charge is 0.289 e. The van der Waals surface area contributed by atoms with E-state index in [4.69, 9.17) is 4.42 Å². The number of hydrogen-bond acceptors (Lipinski definition) is 7. The molecule has 0 radical (unpaired) electrons. The summed E-state index contributed by atoms with van der Waals surface area (Å²) >= 11 is 0. The van der Waals surface area contributed by atoms with Gasteiger partial charge in [0.05, 0.1) is 17.5 Å². The van der Waals surface area contributed by atoms with Crippen LogP contribution in [0.2, 0.25) is 0 Å². The molecule has 1 fully saturated rings. The molecule has 0 saturated carbocycles. The SMILES string of the molecule is O=C(c1cc(=O)c2ccccc2o1)N1CC[C@@H](Nc2ncccn2)[C@H](O)C1. The standard InChI is InChI=1S/C19H18N4O4/c24-14-10-17(27-16-5-2-1-4-12(14)16)18(26)23-9-6-13(15(25)11-23)22-19-20-7-3-8-21-19/h1-5,7-8,10,13,15,25H,6,9,11H2,(H,20,21,22)/t13-,15-/m1/s1. The van der Waals surface area contributed by atoms with Crippen LogP contribution in [0.25, 0.3) is 11.0 Å². The number of piperidine rings is 1. The molecular formula is C19H18N4O4. The Labute approximate surface area is 154 Å². The van der Waals surface area contributed by atoms with Crippen LogP contribution >= 0.6 is 0 Å². The predicted octanol–water partition coefficient (Wildman–Crippen LogP) is 1.27. The molecule has 3 aromatic rings. The van der Waals surface area contributed by atoms with Crippen molar-refractivity contribution >= 4 is 22.8 Å². The minimum absolute atomic E-state index is 0.0244. The number of amides is 1. The summed E-state index contributed by atoms with van der Waals surface area (Å²) in [6, 6.07) is 9.44. The van der Waals surface area contributed by atoms with Crippen LogP contribution in [0.5, 0.6) is 0 Å². The zero-order valence-electron chi connectivity index (χ0n) is 14.4. The van der Waals surface area contributed by atoms with E-state index in [-0.39, 0.29) is 23.8 Å². The Bertz CT molecular complexity index is 1020. The molecule has 138 valence electrons. The second-order valence-corrected chi connectivity index (χ2v) is 6.40. The predicted molar refractivity (Wildman–Crippen MR) is 98.5 cm³/mol. The zero-order valence-corrected chi connectivity index (χ0v) is 14.4. The first-order chi connectivity index (χ1) is 13.1. The minimum Gasteiger partial charge on any atom is -0.451 e. The second-order valence-electron chi connectivity index (χ2n) is 6.40. The van der Waals surface area contributed by atoms with Gasteiger partial charge >= 0.3 is 0 Å². The second kappa shape index (κ2) is 7.16. The minimum atomic E-state index is -0.793. The first-order valence-electron chi connectivity index (χ1n) is 8.65. The molecule has 0 aliphatic carbocycles. The molecule has 3 heterocycles. The van der Waals surface area contributed by atoms with E-state index < -0.39 is 12.0 Å². The molecule has 27 heavy (non-hydrogen) atoms. The third-order valence-corrected chi connectivity index (χ3v) is 4.59. The number of anilines is 1. The van der Waals surface area contributed by atoms with E-state index in [2.05, 4.69) is 15.3 Å². The van der Waals surface area contributed by atoms with Gasteiger partial charge in [0, 0.05) is 31.5 Å². The Balaban J connectivity index is 1.49. The fourth-order valence-corrected chi connectivity index (χ4v) is 3.19. The third kappa shape index (κ3) is 3.52. The Morgan fingerprint density at radius 3 is 2.78 bits per heavy atom. The van der Waals surface area contributed by atoms with Crippen molar-refractivity contribution in [3.8, 4) is 0 Å². The Morgan fingerprint density at radius 1 is 1.22 bits per heavy atom. The van der Waals surface area contributed by atoms with Gasteiger partial charge in [-0.2, -0.15) is 0 Å². The van der Waals surface area contributed by atoms with E-state index in [1.165, 1.54) is 11.0 Å². The largest absolute Gasteiger partial charge is 0.451 e. The maximum absolute atomic E-state index is 12.7. The Hall–Kier alpha value is -3.26. The molecule has 8 heteroatoms. The van der Waals surface area contributed by atoms with Crippen molar-refractivity contribution in [1.82, 2.24) is 14.9 Å². The van der Waals surface area contributed by atoms with Crippen molar-refractivity contribution in [2.24, 2.45) is 0 Å². The maximum atomic E-state index is 12.7. The number of likely N-dealkylation sites (tertiary alicyclic amines) is 1. The number of rotatable bonds is 3. The van der Waals surface area contributed by atoms with Gasteiger partial charge in [0.25, 0.3) is 5.91 Å². The summed E-state index contributed by atoms with van der Waals surface area (Å²) in [6.07, 6.45) is 2.95. The highest BCUT2D eigenvalue weighted by Gasteiger charge is 2.32. The van der Waals surface area contributed by atoms with E-state index >= 15 is 0 Å². The number of nitrogens with zero attached hydrogens (tertiary/aromatic N) is 3. The molecule has 2 atom stereocenters. The highest BCUT2D eigenvalue weighted by atomic mass is 16.3. The normalized spacial score (nSPS) is 19.8. The van der Waals surface area contributed by atoms with Crippen molar-refractivity contribution in [2.75, 3.05) is 18.4 Å². The van der Waals surface area contributed by atoms with E-state index in [9.17, 15) is 14.7 Å². The maximum Gasteiger partial charge on any atom is 0.289 e. The van der Waals surface area contributed by atoms with Crippen LogP contribution in [0.4, 0.5) is 5.95 Å². The molecule has 0 spiro atoms. The molecule has 1 aliphatic heterocycles. The average molecular weight is 366 g/mol. The lowest BCUT2D eigenvalue weighted by Gasteiger charge is -2.35. The molecule has 1 amide bonds. The van der Waals surface area contributed by atoms with Crippen LogP contribution < -0.4 is 10.7 Å². The summed E-state index contributed by atoms with van der Waals surface area (Å²) in [5, 5.41) is 13.9. The quantitative estimate of drug-likeness (QED) is 0.718. The van der Waals surface area contributed by atoms with Crippen LogP contribution in [0, 0.1) is 0 Å². The topological polar surface area (TPSA) is 109 Å². The van der Waals surface area contributed by atoms with Crippen molar-refractivity contribution < 1.29 is 14.3 Å². The van der Waals surface area contributed by atoms with Crippen LogP contribution in [-0.4, -0.2) is 51.1 Å². The summed E-state index contributed by atoms with van der Waals surface area (Å²) in [5.74, 6) is -0.00290. The number of hydrogen-bond donors (Lipinski definition) is 2. The molecular weight excluding hydrogens is 348 g/mol. The molecule has 2 N–H and O–H groups in total. The number of fused-ring (bicyclic) bond motifs is 1. The number of para-hydroxylation sites is 1. The van der Waals surface area contributed by atoms with Crippen LogP contribution in [-0.2, 0) is 0 Å². The molecule has 8 nitrogen and oxygen atoms in total. The van der Waals surface area contributed by atoms with E-state index in [1.54, 1.807) is 42.7 Å². The van der Waals surface area contributed by atoms with Gasteiger partial charge in [-0.1, -0.05) is 12.1 Å². The van der Waals surface area contributed by atoms with Crippen LogP contribution in [0.1, 0.15) is 17.0 Å². The van der Waals surface area contributed by atoms with Gasteiger partial charge in [0.15, 0.2) is 11.2 Å². The molecule has 4 rings (SSSR count). The number of carbonyl (C=O) groups excluding carboxylic acids is 1. The lowest BCUT2D eigenvalue weighted by atomic mass is 10.0. The first kappa shape index (κ1) is 17.2. The monoisotopic (exact) mass is 366 g/mol. The number of nitrogens with one attached hydrogen (secondary N) is 1. The van der Waals surface area contributed by atoms with Gasteiger partial charge in [-0.25, -0.2) is 9.97 Å². The third-order valence-electron chi connectivity index (χ3n) is 4.59. The van der Waals surface area contributed by atoms with E-state index in [1.807, 2.05) is 0 Å². The van der Waals surface area contributed by atoms with Crippen LogP contribution in [0.15, 0.2) is 58.0 Å². The van der Waals surface area contributed by atoms with Gasteiger partial charge in [-0.05, 0) is 24.6 Å². The lowest BCUT2D eigenvalue weighted by molar-refractivity contribution is 0.0402. The van der Waals surface area contributed by atoms with E-state index in [0.29, 0.717) is 29.9 Å². The summed E-state index contributed by atoms with van der Waals surface area (Å²) in [7, 11) is 0. The number of aliphatic hydroxyl groups excluding tert-OH is 1. The van der Waals surface area contributed by atoms with Crippen molar-refractivity contribution in [2.45, 2.75) is 18.6 Å². The molecule has 2 aromatic heterocycles. The van der Waals surface area contributed by atoms with Gasteiger partial charge in [-0.15, -0.1) is 0 Å². The fraction of sp³-hybridized carbons (Fsp3) is 0.263.